The minimum Gasteiger partial charge on any atom is -0.311 e. The summed E-state index contributed by atoms with van der Waals surface area (Å²) in [6.45, 7) is 11.9. The zero-order valence-corrected chi connectivity index (χ0v) is 13.8. The monoisotopic (exact) mass is 277 g/mol. The number of rotatable bonds is 9. The van der Waals surface area contributed by atoms with E-state index in [1.54, 1.807) is 0 Å². The van der Waals surface area contributed by atoms with Crippen molar-refractivity contribution in [2.45, 2.75) is 59.7 Å². The Morgan fingerprint density at radius 1 is 1.20 bits per heavy atom. The molecule has 0 radical (unpaired) electrons. The fourth-order valence-corrected chi connectivity index (χ4v) is 2.38. The Hall–Kier alpha value is -0.930. The molecule has 0 aliphatic heterocycles. The predicted octanol–water partition coefficient (Wildman–Crippen LogP) is 3.45. The molecule has 0 saturated carbocycles. The Morgan fingerprint density at radius 3 is 2.55 bits per heavy atom. The van der Waals surface area contributed by atoms with Crippen LogP contribution in [0.15, 0.2) is 18.2 Å². The summed E-state index contributed by atoms with van der Waals surface area (Å²) in [5.74, 6) is 0.741. The van der Waals surface area contributed by atoms with Crippen molar-refractivity contribution in [3.05, 3.63) is 29.6 Å². The van der Waals surface area contributed by atoms with Gasteiger partial charge in [0, 0.05) is 19.1 Å². The number of nitrogens with zero attached hydrogens (tertiary/aromatic N) is 2. The molecule has 20 heavy (non-hydrogen) atoms. The van der Waals surface area contributed by atoms with E-state index in [0.29, 0.717) is 6.04 Å². The second-order valence-corrected chi connectivity index (χ2v) is 6.19. The van der Waals surface area contributed by atoms with Crippen molar-refractivity contribution in [3.63, 3.8) is 0 Å². The molecular formula is C17H31N3. The summed E-state index contributed by atoms with van der Waals surface area (Å²) in [6.07, 6.45) is 2.39. The van der Waals surface area contributed by atoms with Crippen LogP contribution in [-0.4, -0.2) is 29.5 Å². The van der Waals surface area contributed by atoms with E-state index in [-0.39, 0.29) is 0 Å². The lowest BCUT2D eigenvalue weighted by molar-refractivity contribution is 0.218. The van der Waals surface area contributed by atoms with Gasteiger partial charge in [-0.05, 0) is 51.4 Å². The van der Waals surface area contributed by atoms with Crippen LogP contribution in [0.2, 0.25) is 0 Å². The number of nitrogens with one attached hydrogen (secondary N) is 1. The van der Waals surface area contributed by atoms with Gasteiger partial charge in [-0.1, -0.05) is 26.8 Å². The second kappa shape index (κ2) is 9.09. The van der Waals surface area contributed by atoms with Crippen LogP contribution in [0.1, 0.15) is 51.9 Å². The molecule has 114 valence electrons. The number of aromatic nitrogens is 1. The van der Waals surface area contributed by atoms with Gasteiger partial charge in [-0.2, -0.15) is 0 Å². The quantitative estimate of drug-likeness (QED) is 0.701. The molecule has 0 saturated heterocycles. The van der Waals surface area contributed by atoms with E-state index in [4.69, 9.17) is 4.98 Å². The molecule has 0 spiro atoms. The molecule has 1 aromatic rings. The topological polar surface area (TPSA) is 28.2 Å². The maximum absolute atomic E-state index is 4.74. The first kappa shape index (κ1) is 17.1. The van der Waals surface area contributed by atoms with E-state index < -0.39 is 0 Å². The van der Waals surface area contributed by atoms with Crippen molar-refractivity contribution >= 4 is 0 Å². The molecule has 3 heteroatoms. The highest BCUT2D eigenvalue weighted by Crippen LogP contribution is 2.12. The van der Waals surface area contributed by atoms with E-state index >= 15 is 0 Å². The van der Waals surface area contributed by atoms with Crippen LogP contribution >= 0.6 is 0 Å². The molecule has 1 N–H and O–H groups in total. The van der Waals surface area contributed by atoms with Gasteiger partial charge in [0.15, 0.2) is 0 Å². The summed E-state index contributed by atoms with van der Waals surface area (Å²) in [6, 6.07) is 6.94. The maximum atomic E-state index is 4.74. The molecule has 3 nitrogen and oxygen atoms in total. The Balaban J connectivity index is 2.52. The van der Waals surface area contributed by atoms with Gasteiger partial charge in [-0.25, -0.2) is 0 Å². The van der Waals surface area contributed by atoms with E-state index in [1.807, 2.05) is 0 Å². The molecule has 1 rings (SSSR count). The second-order valence-electron chi connectivity index (χ2n) is 6.19. The van der Waals surface area contributed by atoms with Crippen LogP contribution in [0, 0.1) is 5.92 Å². The molecule has 0 aliphatic carbocycles. The van der Waals surface area contributed by atoms with Gasteiger partial charge in [0.2, 0.25) is 0 Å². The lowest BCUT2D eigenvalue weighted by atomic mass is 10.0. The van der Waals surface area contributed by atoms with Crippen LogP contribution in [0.25, 0.3) is 0 Å². The van der Waals surface area contributed by atoms with Crippen LogP contribution in [0.4, 0.5) is 0 Å². The highest BCUT2D eigenvalue weighted by molar-refractivity contribution is 5.11. The number of hydrogen-bond donors (Lipinski definition) is 1. The Labute approximate surface area is 124 Å². The summed E-state index contributed by atoms with van der Waals surface area (Å²) >= 11 is 0. The first-order valence-electron chi connectivity index (χ1n) is 7.88. The third kappa shape index (κ3) is 6.49. The molecule has 0 fully saturated rings. The SMILES string of the molecule is CCCNCc1cccc(CN(C)C(C)CC(C)C)n1. The minimum atomic E-state index is 0.596. The summed E-state index contributed by atoms with van der Waals surface area (Å²) in [5.41, 5.74) is 2.31. The van der Waals surface area contributed by atoms with Crippen molar-refractivity contribution in [2.75, 3.05) is 13.6 Å². The van der Waals surface area contributed by atoms with E-state index in [2.05, 4.69) is 63.2 Å². The summed E-state index contributed by atoms with van der Waals surface area (Å²) in [5, 5.41) is 3.40. The van der Waals surface area contributed by atoms with E-state index in [1.165, 1.54) is 12.1 Å². The lowest BCUT2D eigenvalue weighted by Gasteiger charge is -2.25. The fraction of sp³-hybridized carbons (Fsp3) is 0.706. The van der Waals surface area contributed by atoms with Crippen molar-refractivity contribution in [2.24, 2.45) is 5.92 Å². The highest BCUT2D eigenvalue weighted by Gasteiger charge is 2.12. The van der Waals surface area contributed by atoms with Crippen LogP contribution in [-0.2, 0) is 13.1 Å². The van der Waals surface area contributed by atoms with Crippen molar-refractivity contribution in [1.82, 2.24) is 15.2 Å². The molecule has 1 atom stereocenters. The molecular weight excluding hydrogens is 246 g/mol. The van der Waals surface area contributed by atoms with Gasteiger partial charge in [0.05, 0.1) is 11.4 Å². The molecule has 0 aromatic carbocycles. The van der Waals surface area contributed by atoms with Crippen molar-refractivity contribution < 1.29 is 0 Å². The standard InChI is InChI=1S/C17H31N3/c1-6-10-18-12-16-8-7-9-17(19-16)13-20(5)15(4)11-14(2)3/h7-9,14-15,18H,6,10-13H2,1-5H3. The van der Waals surface area contributed by atoms with Crippen LogP contribution in [0.5, 0.6) is 0 Å². The lowest BCUT2D eigenvalue weighted by Crippen LogP contribution is -2.30. The van der Waals surface area contributed by atoms with Gasteiger partial charge in [0.1, 0.15) is 0 Å². The molecule has 0 bridgehead atoms. The summed E-state index contributed by atoms with van der Waals surface area (Å²) < 4.78 is 0. The molecule has 0 aliphatic rings. The normalized spacial score (nSPS) is 13.2. The van der Waals surface area contributed by atoms with Crippen LogP contribution in [0.3, 0.4) is 0 Å². The average Bonchev–Trinajstić information content (AvgIpc) is 2.38. The molecule has 1 aromatic heterocycles. The fourth-order valence-electron chi connectivity index (χ4n) is 2.38. The Morgan fingerprint density at radius 2 is 1.90 bits per heavy atom. The van der Waals surface area contributed by atoms with Crippen molar-refractivity contribution in [1.29, 1.82) is 0 Å². The number of pyridine rings is 1. The minimum absolute atomic E-state index is 0.596. The Kier molecular flexibility index (Phi) is 7.78. The van der Waals surface area contributed by atoms with Gasteiger partial charge in [-0.15, -0.1) is 0 Å². The summed E-state index contributed by atoms with van der Waals surface area (Å²) in [7, 11) is 2.19. The smallest absolute Gasteiger partial charge is 0.0547 e. The average molecular weight is 277 g/mol. The van der Waals surface area contributed by atoms with Crippen molar-refractivity contribution in [3.8, 4) is 0 Å². The number of hydrogen-bond acceptors (Lipinski definition) is 3. The molecule has 0 amide bonds. The largest absolute Gasteiger partial charge is 0.311 e. The third-order valence-corrected chi connectivity index (χ3v) is 3.57. The van der Waals surface area contributed by atoms with Gasteiger partial charge < -0.3 is 5.32 Å². The first-order valence-corrected chi connectivity index (χ1v) is 7.88. The zero-order valence-electron chi connectivity index (χ0n) is 13.8. The maximum Gasteiger partial charge on any atom is 0.0547 e. The first-order chi connectivity index (χ1) is 9.52. The predicted molar refractivity (Wildman–Crippen MR) is 86.6 cm³/mol. The van der Waals surface area contributed by atoms with Gasteiger partial charge in [-0.3, -0.25) is 9.88 Å². The third-order valence-electron chi connectivity index (χ3n) is 3.57. The van der Waals surface area contributed by atoms with E-state index in [0.717, 1.165) is 37.7 Å². The summed E-state index contributed by atoms with van der Waals surface area (Å²) in [4.78, 5) is 7.14. The molecule has 1 heterocycles. The zero-order chi connectivity index (χ0) is 15.0. The van der Waals surface area contributed by atoms with E-state index in [9.17, 15) is 0 Å². The van der Waals surface area contributed by atoms with Gasteiger partial charge >= 0.3 is 0 Å². The van der Waals surface area contributed by atoms with Crippen LogP contribution < -0.4 is 5.32 Å². The molecule has 1 unspecified atom stereocenters. The highest BCUT2D eigenvalue weighted by atomic mass is 15.1. The van der Waals surface area contributed by atoms with Gasteiger partial charge in [0.25, 0.3) is 0 Å². The Bertz CT molecular complexity index is 376.